The third-order valence-electron chi connectivity index (χ3n) is 2.66. The van der Waals surface area contributed by atoms with E-state index in [0.29, 0.717) is 10.6 Å². The second kappa shape index (κ2) is 6.16. The van der Waals surface area contributed by atoms with Crippen LogP contribution in [0.5, 0.6) is 0 Å². The first-order valence-corrected chi connectivity index (χ1v) is 6.20. The van der Waals surface area contributed by atoms with Crippen LogP contribution in [0.25, 0.3) is 0 Å². The summed E-state index contributed by atoms with van der Waals surface area (Å²) in [7, 11) is 0. The maximum atomic E-state index is 11.9. The molecule has 0 aliphatic heterocycles. The van der Waals surface area contributed by atoms with E-state index in [0.717, 1.165) is 11.1 Å². The summed E-state index contributed by atoms with van der Waals surface area (Å²) >= 11 is 5.98. The SMILES string of the molecule is Cc1ccccc1C(=O)NN=Cc1ccccc1Cl. The number of rotatable bonds is 3. The number of benzene rings is 2. The number of aryl methyl sites for hydroxylation is 1. The van der Waals surface area contributed by atoms with Gasteiger partial charge in [-0.3, -0.25) is 4.79 Å². The summed E-state index contributed by atoms with van der Waals surface area (Å²) in [6.07, 6.45) is 1.53. The fourth-order valence-corrected chi connectivity index (χ4v) is 1.81. The molecule has 0 fully saturated rings. The Kier molecular flexibility index (Phi) is 4.31. The quantitative estimate of drug-likeness (QED) is 0.675. The van der Waals surface area contributed by atoms with Crippen LogP contribution in [0.15, 0.2) is 53.6 Å². The van der Waals surface area contributed by atoms with Crippen molar-refractivity contribution in [1.82, 2.24) is 5.43 Å². The molecule has 0 aliphatic rings. The lowest BCUT2D eigenvalue weighted by Gasteiger charge is -2.03. The monoisotopic (exact) mass is 272 g/mol. The lowest BCUT2D eigenvalue weighted by atomic mass is 10.1. The van der Waals surface area contributed by atoms with E-state index in [2.05, 4.69) is 10.5 Å². The molecule has 0 saturated heterocycles. The number of nitrogens with one attached hydrogen (secondary N) is 1. The van der Waals surface area contributed by atoms with E-state index < -0.39 is 0 Å². The van der Waals surface area contributed by atoms with Crippen LogP contribution in [0.3, 0.4) is 0 Å². The van der Waals surface area contributed by atoms with Gasteiger partial charge in [-0.2, -0.15) is 5.10 Å². The van der Waals surface area contributed by atoms with E-state index in [9.17, 15) is 4.79 Å². The van der Waals surface area contributed by atoms with Crippen molar-refractivity contribution in [3.63, 3.8) is 0 Å². The van der Waals surface area contributed by atoms with Gasteiger partial charge in [0.05, 0.1) is 6.21 Å². The maximum absolute atomic E-state index is 11.9. The smallest absolute Gasteiger partial charge is 0.267 e. The highest BCUT2D eigenvalue weighted by molar-refractivity contribution is 6.33. The molecule has 3 nitrogen and oxygen atoms in total. The van der Waals surface area contributed by atoms with Crippen LogP contribution in [0.2, 0.25) is 5.02 Å². The molecule has 2 aromatic carbocycles. The minimum absolute atomic E-state index is 0.235. The second-order valence-corrected chi connectivity index (χ2v) is 4.44. The van der Waals surface area contributed by atoms with E-state index in [1.165, 1.54) is 6.21 Å². The van der Waals surface area contributed by atoms with E-state index in [1.807, 2.05) is 43.3 Å². The summed E-state index contributed by atoms with van der Waals surface area (Å²) in [5, 5.41) is 4.50. The van der Waals surface area contributed by atoms with Crippen molar-refractivity contribution in [2.75, 3.05) is 0 Å². The van der Waals surface area contributed by atoms with E-state index in [1.54, 1.807) is 12.1 Å². The first kappa shape index (κ1) is 13.3. The Morgan fingerprint density at radius 3 is 2.58 bits per heavy atom. The fourth-order valence-electron chi connectivity index (χ4n) is 1.63. The molecule has 0 unspecified atom stereocenters. The molecule has 1 N–H and O–H groups in total. The average Bonchev–Trinajstić information content (AvgIpc) is 2.41. The molecule has 0 atom stereocenters. The Balaban J connectivity index is 2.06. The first-order valence-electron chi connectivity index (χ1n) is 5.82. The van der Waals surface area contributed by atoms with Gasteiger partial charge in [-0.15, -0.1) is 0 Å². The highest BCUT2D eigenvalue weighted by atomic mass is 35.5. The van der Waals surface area contributed by atoms with Crippen molar-refractivity contribution < 1.29 is 4.79 Å². The summed E-state index contributed by atoms with van der Waals surface area (Å²) in [5.74, 6) is -0.235. The molecule has 4 heteroatoms. The normalized spacial score (nSPS) is 10.6. The number of carbonyl (C=O) groups excluding carboxylic acids is 1. The Morgan fingerprint density at radius 2 is 1.84 bits per heavy atom. The molecule has 0 saturated carbocycles. The standard InChI is InChI=1S/C15H13ClN2O/c1-11-6-2-4-8-13(11)15(19)18-17-10-12-7-3-5-9-14(12)16/h2-10H,1H3,(H,18,19). The van der Waals surface area contributed by atoms with Gasteiger partial charge in [0.15, 0.2) is 0 Å². The van der Waals surface area contributed by atoms with Gasteiger partial charge in [0.25, 0.3) is 5.91 Å². The van der Waals surface area contributed by atoms with Crippen LogP contribution in [0, 0.1) is 6.92 Å². The lowest BCUT2D eigenvalue weighted by molar-refractivity contribution is 0.0954. The van der Waals surface area contributed by atoms with Crippen LogP contribution in [0.4, 0.5) is 0 Å². The number of hydrogen-bond donors (Lipinski definition) is 1. The molecule has 0 aliphatic carbocycles. The zero-order chi connectivity index (χ0) is 13.7. The Bertz CT molecular complexity index is 623. The first-order chi connectivity index (χ1) is 9.18. The van der Waals surface area contributed by atoms with Gasteiger partial charge in [-0.25, -0.2) is 5.43 Å². The average molecular weight is 273 g/mol. The molecule has 96 valence electrons. The van der Waals surface area contributed by atoms with Gasteiger partial charge in [0.1, 0.15) is 0 Å². The van der Waals surface area contributed by atoms with Crippen LogP contribution < -0.4 is 5.43 Å². The minimum Gasteiger partial charge on any atom is -0.267 e. The van der Waals surface area contributed by atoms with Gasteiger partial charge in [0, 0.05) is 16.1 Å². The van der Waals surface area contributed by atoms with Crippen molar-refractivity contribution in [1.29, 1.82) is 0 Å². The molecule has 0 aromatic heterocycles. The topological polar surface area (TPSA) is 41.5 Å². The van der Waals surface area contributed by atoms with Crippen molar-refractivity contribution >= 4 is 23.7 Å². The summed E-state index contributed by atoms with van der Waals surface area (Å²) in [6, 6.07) is 14.6. The fraction of sp³-hybridized carbons (Fsp3) is 0.0667. The van der Waals surface area contributed by atoms with Gasteiger partial charge in [0.2, 0.25) is 0 Å². The molecule has 1 amide bonds. The van der Waals surface area contributed by atoms with E-state index in [4.69, 9.17) is 11.6 Å². The number of carbonyl (C=O) groups is 1. The highest BCUT2D eigenvalue weighted by Gasteiger charge is 2.06. The van der Waals surface area contributed by atoms with E-state index >= 15 is 0 Å². The lowest BCUT2D eigenvalue weighted by Crippen LogP contribution is -2.18. The molecular weight excluding hydrogens is 260 g/mol. The van der Waals surface area contributed by atoms with Crippen molar-refractivity contribution in [2.45, 2.75) is 6.92 Å². The summed E-state index contributed by atoms with van der Waals surface area (Å²) < 4.78 is 0. The van der Waals surface area contributed by atoms with Crippen molar-refractivity contribution in [3.05, 3.63) is 70.2 Å². The number of halogens is 1. The Hall–Kier alpha value is -2.13. The number of nitrogens with zero attached hydrogens (tertiary/aromatic N) is 1. The molecule has 2 aromatic rings. The number of amides is 1. The molecule has 19 heavy (non-hydrogen) atoms. The van der Waals surface area contributed by atoms with Crippen LogP contribution >= 0.6 is 11.6 Å². The summed E-state index contributed by atoms with van der Waals surface area (Å²) in [6.45, 7) is 1.88. The predicted octanol–water partition coefficient (Wildman–Crippen LogP) is 3.41. The number of hydrazone groups is 1. The Morgan fingerprint density at radius 1 is 1.16 bits per heavy atom. The molecule has 0 radical (unpaired) electrons. The zero-order valence-corrected chi connectivity index (χ0v) is 11.2. The molecule has 2 rings (SSSR count). The molecule has 0 spiro atoms. The van der Waals surface area contributed by atoms with Crippen molar-refractivity contribution in [3.8, 4) is 0 Å². The minimum atomic E-state index is -0.235. The number of hydrogen-bond acceptors (Lipinski definition) is 2. The maximum Gasteiger partial charge on any atom is 0.271 e. The third-order valence-corrected chi connectivity index (χ3v) is 3.01. The van der Waals surface area contributed by atoms with Gasteiger partial charge in [-0.05, 0) is 24.6 Å². The van der Waals surface area contributed by atoms with Crippen LogP contribution in [0.1, 0.15) is 21.5 Å². The van der Waals surface area contributed by atoms with Crippen molar-refractivity contribution in [2.24, 2.45) is 5.10 Å². The summed E-state index contributed by atoms with van der Waals surface area (Å²) in [5.41, 5.74) is 4.77. The molecule has 0 bridgehead atoms. The largest absolute Gasteiger partial charge is 0.271 e. The van der Waals surface area contributed by atoms with E-state index in [-0.39, 0.29) is 5.91 Å². The van der Waals surface area contributed by atoms with Crippen LogP contribution in [-0.2, 0) is 0 Å². The van der Waals surface area contributed by atoms with Gasteiger partial charge < -0.3 is 0 Å². The second-order valence-electron chi connectivity index (χ2n) is 4.04. The zero-order valence-electron chi connectivity index (χ0n) is 10.4. The summed E-state index contributed by atoms with van der Waals surface area (Å²) in [4.78, 5) is 11.9. The third kappa shape index (κ3) is 3.42. The predicted molar refractivity (Wildman–Crippen MR) is 77.7 cm³/mol. The van der Waals surface area contributed by atoms with Crippen LogP contribution in [-0.4, -0.2) is 12.1 Å². The highest BCUT2D eigenvalue weighted by Crippen LogP contribution is 2.12. The van der Waals surface area contributed by atoms with Gasteiger partial charge in [-0.1, -0.05) is 48.0 Å². The van der Waals surface area contributed by atoms with Gasteiger partial charge >= 0.3 is 0 Å². The molecular formula is C15H13ClN2O. The molecule has 0 heterocycles. The Labute approximate surface area is 116 Å².